The number of nitrogens with one attached hydrogen (secondary N) is 1. The molecule has 0 unspecified atom stereocenters. The van der Waals surface area contributed by atoms with E-state index < -0.39 is 0 Å². The lowest BCUT2D eigenvalue weighted by molar-refractivity contribution is 0.102. The van der Waals surface area contributed by atoms with Crippen molar-refractivity contribution in [1.82, 2.24) is 15.2 Å². The number of hydrogen-bond acceptors (Lipinski definition) is 4. The Balaban J connectivity index is 1.46. The molecule has 0 spiro atoms. The Labute approximate surface area is 138 Å². The van der Waals surface area contributed by atoms with Crippen molar-refractivity contribution in [1.29, 1.82) is 0 Å². The number of rotatable bonds is 6. The molecule has 0 fully saturated rings. The summed E-state index contributed by atoms with van der Waals surface area (Å²) in [6.45, 7) is 5.31. The first-order valence-corrected chi connectivity index (χ1v) is 8.34. The fourth-order valence-corrected chi connectivity index (χ4v) is 3.12. The number of benzene rings is 1. The van der Waals surface area contributed by atoms with Crippen LogP contribution >= 0.6 is 0 Å². The third-order valence-electron chi connectivity index (χ3n) is 4.47. The Hall–Kier alpha value is -1.75. The first kappa shape index (κ1) is 16.1. The summed E-state index contributed by atoms with van der Waals surface area (Å²) >= 11 is 0. The Morgan fingerprint density at radius 3 is 2.74 bits per heavy atom. The molecule has 0 saturated heterocycles. The van der Waals surface area contributed by atoms with E-state index in [-0.39, 0.29) is 12.1 Å². The molecule has 122 valence electrons. The van der Waals surface area contributed by atoms with Gasteiger partial charge in [-0.2, -0.15) is 0 Å². The molecule has 1 aliphatic rings. The molecule has 1 aromatic heterocycles. The Morgan fingerprint density at radius 1 is 1.17 bits per heavy atom. The third kappa shape index (κ3) is 4.38. The van der Waals surface area contributed by atoms with Crippen molar-refractivity contribution >= 4 is 0 Å². The summed E-state index contributed by atoms with van der Waals surface area (Å²) in [5, 5.41) is 13.7. The van der Waals surface area contributed by atoms with Crippen LogP contribution in [0.5, 0.6) is 0 Å². The van der Waals surface area contributed by atoms with Gasteiger partial charge in [0, 0.05) is 38.4 Å². The zero-order valence-corrected chi connectivity index (χ0v) is 13.7. The number of fused-ring (bicyclic) bond motifs is 1. The number of nitrogens with zero attached hydrogens (tertiary/aromatic N) is 2. The minimum atomic E-state index is -0.369. The van der Waals surface area contributed by atoms with Gasteiger partial charge in [-0.05, 0) is 36.6 Å². The maximum absolute atomic E-state index is 10.3. The summed E-state index contributed by atoms with van der Waals surface area (Å²) in [6, 6.07) is 14.6. The number of hydrogen-bond donors (Lipinski definition) is 2. The second kappa shape index (κ2) is 7.68. The molecule has 2 atom stereocenters. The number of aliphatic hydroxyl groups excluding tert-OH is 1. The molecule has 3 rings (SSSR count). The van der Waals surface area contributed by atoms with E-state index in [1.807, 2.05) is 18.2 Å². The van der Waals surface area contributed by atoms with Crippen molar-refractivity contribution in [3.63, 3.8) is 0 Å². The van der Waals surface area contributed by atoms with Crippen LogP contribution in [0.4, 0.5) is 0 Å². The summed E-state index contributed by atoms with van der Waals surface area (Å²) in [7, 11) is 0. The van der Waals surface area contributed by atoms with Crippen molar-refractivity contribution in [3.8, 4) is 0 Å². The van der Waals surface area contributed by atoms with Crippen LogP contribution in [0, 0.1) is 0 Å². The standard InChI is InChI=1S/C19H25N3O/c1-15(19-8-4-5-10-20-19)21-12-18(23)14-22-11-9-16-6-2-3-7-17(16)13-22/h2-8,10,15,18,21,23H,9,11-14H2,1H3/t15-,18-/m1/s1. The van der Waals surface area contributed by atoms with Crippen LogP contribution in [-0.4, -0.2) is 40.7 Å². The van der Waals surface area contributed by atoms with Gasteiger partial charge in [-0.1, -0.05) is 30.3 Å². The molecule has 0 bridgehead atoms. The first-order valence-electron chi connectivity index (χ1n) is 8.34. The zero-order chi connectivity index (χ0) is 16.1. The van der Waals surface area contributed by atoms with E-state index >= 15 is 0 Å². The van der Waals surface area contributed by atoms with Gasteiger partial charge in [0.15, 0.2) is 0 Å². The average Bonchev–Trinajstić information content (AvgIpc) is 2.60. The molecule has 0 saturated carbocycles. The lowest BCUT2D eigenvalue weighted by Crippen LogP contribution is -2.41. The van der Waals surface area contributed by atoms with Crippen molar-refractivity contribution in [2.75, 3.05) is 19.6 Å². The highest BCUT2D eigenvalue weighted by Gasteiger charge is 2.18. The van der Waals surface area contributed by atoms with Crippen molar-refractivity contribution < 1.29 is 5.11 Å². The Bertz CT molecular complexity index is 617. The van der Waals surface area contributed by atoms with Gasteiger partial charge >= 0.3 is 0 Å². The summed E-state index contributed by atoms with van der Waals surface area (Å²) in [6.07, 6.45) is 2.50. The van der Waals surface area contributed by atoms with Crippen LogP contribution in [0.1, 0.15) is 29.8 Å². The fraction of sp³-hybridized carbons (Fsp3) is 0.421. The minimum absolute atomic E-state index is 0.146. The molecule has 0 aliphatic carbocycles. The van der Waals surface area contributed by atoms with E-state index in [2.05, 4.69) is 46.4 Å². The maximum atomic E-state index is 10.3. The summed E-state index contributed by atoms with van der Waals surface area (Å²) in [5.74, 6) is 0. The second-order valence-corrected chi connectivity index (χ2v) is 6.29. The van der Waals surface area contributed by atoms with Crippen molar-refractivity contribution in [2.24, 2.45) is 0 Å². The third-order valence-corrected chi connectivity index (χ3v) is 4.47. The highest BCUT2D eigenvalue weighted by Crippen LogP contribution is 2.18. The molecule has 4 heteroatoms. The molecule has 2 aromatic rings. The van der Waals surface area contributed by atoms with Gasteiger partial charge in [0.2, 0.25) is 0 Å². The number of pyridine rings is 1. The van der Waals surface area contributed by atoms with E-state index in [4.69, 9.17) is 0 Å². The van der Waals surface area contributed by atoms with Crippen LogP contribution in [0.15, 0.2) is 48.7 Å². The second-order valence-electron chi connectivity index (χ2n) is 6.29. The fourth-order valence-electron chi connectivity index (χ4n) is 3.12. The van der Waals surface area contributed by atoms with Crippen molar-refractivity contribution in [3.05, 3.63) is 65.5 Å². The molecule has 0 radical (unpaired) electrons. The summed E-state index contributed by atoms with van der Waals surface area (Å²) in [5.41, 5.74) is 3.84. The Kier molecular flexibility index (Phi) is 5.39. The smallest absolute Gasteiger partial charge is 0.0791 e. The monoisotopic (exact) mass is 311 g/mol. The van der Waals surface area contributed by atoms with Crippen LogP contribution in [0.25, 0.3) is 0 Å². The summed E-state index contributed by atoms with van der Waals surface area (Å²) < 4.78 is 0. The largest absolute Gasteiger partial charge is 0.390 e. The van der Waals surface area contributed by atoms with Gasteiger partial charge in [0.05, 0.1) is 11.8 Å². The summed E-state index contributed by atoms with van der Waals surface area (Å²) in [4.78, 5) is 6.68. The molecule has 2 N–H and O–H groups in total. The van der Waals surface area contributed by atoms with E-state index in [1.54, 1.807) is 6.20 Å². The molecular weight excluding hydrogens is 286 g/mol. The van der Waals surface area contributed by atoms with Crippen LogP contribution in [0.3, 0.4) is 0 Å². The van der Waals surface area contributed by atoms with Gasteiger partial charge in [0.25, 0.3) is 0 Å². The SMILES string of the molecule is C[C@@H](NC[C@@H](O)CN1CCc2ccccc2C1)c1ccccn1. The number of β-amino-alcohol motifs (C(OH)–C–C–N with tert-alkyl or cyclic N) is 1. The molecular formula is C19H25N3O. The normalized spacial score (nSPS) is 17.5. The lowest BCUT2D eigenvalue weighted by Gasteiger charge is -2.30. The molecule has 1 aromatic carbocycles. The number of aromatic nitrogens is 1. The minimum Gasteiger partial charge on any atom is -0.390 e. The lowest BCUT2D eigenvalue weighted by atomic mass is 10.00. The van der Waals surface area contributed by atoms with Gasteiger partial charge in [-0.25, -0.2) is 0 Å². The highest BCUT2D eigenvalue weighted by molar-refractivity contribution is 5.29. The van der Waals surface area contributed by atoms with Gasteiger partial charge < -0.3 is 10.4 Å². The van der Waals surface area contributed by atoms with Crippen molar-refractivity contribution in [2.45, 2.75) is 32.0 Å². The van der Waals surface area contributed by atoms with Gasteiger partial charge in [-0.3, -0.25) is 9.88 Å². The maximum Gasteiger partial charge on any atom is 0.0791 e. The van der Waals surface area contributed by atoms with E-state index in [1.165, 1.54) is 11.1 Å². The quantitative estimate of drug-likeness (QED) is 0.858. The molecule has 2 heterocycles. The average molecular weight is 311 g/mol. The molecule has 4 nitrogen and oxygen atoms in total. The van der Waals surface area contributed by atoms with Crippen LogP contribution in [0.2, 0.25) is 0 Å². The zero-order valence-electron chi connectivity index (χ0n) is 13.7. The van der Waals surface area contributed by atoms with Crippen LogP contribution in [-0.2, 0) is 13.0 Å². The van der Waals surface area contributed by atoms with E-state index in [0.717, 1.165) is 25.2 Å². The number of aliphatic hydroxyl groups is 1. The predicted molar refractivity (Wildman–Crippen MR) is 92.1 cm³/mol. The predicted octanol–water partition coefficient (Wildman–Crippen LogP) is 2.15. The topological polar surface area (TPSA) is 48.4 Å². The van der Waals surface area contributed by atoms with E-state index in [0.29, 0.717) is 13.1 Å². The molecule has 23 heavy (non-hydrogen) atoms. The van der Waals surface area contributed by atoms with Crippen LogP contribution < -0.4 is 5.32 Å². The van der Waals surface area contributed by atoms with E-state index in [9.17, 15) is 5.11 Å². The van der Waals surface area contributed by atoms with Gasteiger partial charge in [0.1, 0.15) is 0 Å². The first-order chi connectivity index (χ1) is 11.2. The molecule has 1 aliphatic heterocycles. The molecule has 0 amide bonds. The Morgan fingerprint density at radius 2 is 1.96 bits per heavy atom. The highest BCUT2D eigenvalue weighted by atomic mass is 16.3. The van der Waals surface area contributed by atoms with Gasteiger partial charge in [-0.15, -0.1) is 0 Å².